The molecule has 278 valence electrons. The minimum absolute atomic E-state index is 0.0554. The first-order valence-corrected chi connectivity index (χ1v) is 19.6. The molecule has 2 aliphatic heterocycles. The van der Waals surface area contributed by atoms with Gasteiger partial charge in [-0.2, -0.15) is 5.10 Å². The molecule has 3 aromatic carbocycles. The van der Waals surface area contributed by atoms with Crippen LogP contribution in [0.1, 0.15) is 54.1 Å². The van der Waals surface area contributed by atoms with E-state index in [-0.39, 0.29) is 41.2 Å². The zero-order valence-corrected chi connectivity index (χ0v) is 32.5. The Morgan fingerprint density at radius 3 is 2.38 bits per heavy atom. The summed E-state index contributed by atoms with van der Waals surface area (Å²) in [4.78, 5) is 73.7. The Morgan fingerprint density at radius 2 is 1.67 bits per heavy atom. The van der Waals surface area contributed by atoms with Crippen LogP contribution in [0.3, 0.4) is 0 Å². The summed E-state index contributed by atoms with van der Waals surface area (Å²) >= 11 is 14.7. The second-order valence-electron chi connectivity index (χ2n) is 15.2. The van der Waals surface area contributed by atoms with E-state index in [0.717, 1.165) is 26.1 Å². The third-order valence-corrected chi connectivity index (χ3v) is 14.2. The van der Waals surface area contributed by atoms with E-state index in [1.54, 1.807) is 66.4 Å². The van der Waals surface area contributed by atoms with E-state index >= 15 is 4.79 Å². The van der Waals surface area contributed by atoms with Crippen molar-refractivity contribution in [3.63, 3.8) is 0 Å². The normalized spacial score (nSPS) is 26.1. The van der Waals surface area contributed by atoms with E-state index in [9.17, 15) is 24.3 Å². The average molecular weight is 794 g/mol. The van der Waals surface area contributed by atoms with Gasteiger partial charge >= 0.3 is 0 Å². The van der Waals surface area contributed by atoms with E-state index in [0.29, 0.717) is 33.3 Å². The molecule has 13 heteroatoms. The molecule has 4 heterocycles. The smallest absolute Gasteiger partial charge is 0.242 e. The van der Waals surface area contributed by atoms with Gasteiger partial charge in [-0.15, -0.1) is 11.3 Å². The number of carbonyl (C=O) groups excluding carboxylic acids is 5. The van der Waals surface area contributed by atoms with Crippen LogP contribution in [0.25, 0.3) is 20.7 Å². The summed E-state index contributed by atoms with van der Waals surface area (Å²) in [6, 6.07) is 18.4. The molecular formula is C42H34Cl2N4O6S. The Hall–Kier alpha value is -5.10. The summed E-state index contributed by atoms with van der Waals surface area (Å²) in [5.41, 5.74) is 2.41. The number of benzene rings is 3. The van der Waals surface area contributed by atoms with Gasteiger partial charge in [0.15, 0.2) is 5.78 Å². The number of rotatable bonds is 5. The summed E-state index contributed by atoms with van der Waals surface area (Å²) in [6.45, 7) is 5.23. The lowest BCUT2D eigenvalue weighted by atomic mass is 9.51. The van der Waals surface area contributed by atoms with E-state index in [2.05, 4.69) is 0 Å². The molecule has 1 N–H and O–H groups in total. The molecule has 0 spiro atoms. The minimum Gasteiger partial charge on any atom is -0.508 e. The SMILES string of the molecule is CC(=O)c1ccc(N2C(=O)[C@H]3[C@H](CC=C4[C@H]3C[C@H]3C(=O)N(c5cc(-c6sc7ccc(Cl)cc7c6C)nn5C)C(=O)[C@@]3(C)[C@H]4c3ccc(O)cc3Cl)C2=O)cc1. The van der Waals surface area contributed by atoms with Crippen LogP contribution in [-0.2, 0) is 26.2 Å². The van der Waals surface area contributed by atoms with Crippen LogP contribution in [0.4, 0.5) is 11.5 Å². The van der Waals surface area contributed by atoms with Crippen molar-refractivity contribution in [2.24, 2.45) is 36.1 Å². The molecule has 0 bridgehead atoms. The predicted molar refractivity (Wildman–Crippen MR) is 210 cm³/mol. The molecular weight excluding hydrogens is 759 g/mol. The van der Waals surface area contributed by atoms with Crippen molar-refractivity contribution in [3.05, 3.63) is 105 Å². The van der Waals surface area contributed by atoms with E-state index in [4.69, 9.17) is 28.3 Å². The zero-order chi connectivity index (χ0) is 38.8. The summed E-state index contributed by atoms with van der Waals surface area (Å²) in [5.74, 6) is -5.09. The van der Waals surface area contributed by atoms with Crippen LogP contribution in [0.2, 0.25) is 10.0 Å². The number of hydrogen-bond acceptors (Lipinski definition) is 8. The van der Waals surface area contributed by atoms with Crippen LogP contribution < -0.4 is 9.80 Å². The largest absolute Gasteiger partial charge is 0.508 e. The monoisotopic (exact) mass is 792 g/mol. The number of aromatic nitrogens is 2. The molecule has 5 aromatic rings. The molecule has 6 atom stereocenters. The number of hydrogen-bond donors (Lipinski definition) is 1. The molecule has 4 amide bonds. The van der Waals surface area contributed by atoms with Crippen molar-refractivity contribution in [1.82, 2.24) is 9.78 Å². The Labute approximate surface area is 329 Å². The van der Waals surface area contributed by atoms with Gasteiger partial charge in [-0.3, -0.25) is 33.6 Å². The highest BCUT2D eigenvalue weighted by Gasteiger charge is 2.68. The number of thiophene rings is 1. The molecule has 55 heavy (non-hydrogen) atoms. The van der Waals surface area contributed by atoms with E-state index in [1.165, 1.54) is 28.9 Å². The van der Waals surface area contributed by atoms with Gasteiger partial charge in [0.1, 0.15) is 17.3 Å². The second-order valence-corrected chi connectivity index (χ2v) is 17.1. The van der Waals surface area contributed by atoms with Gasteiger partial charge in [-0.25, -0.2) is 4.90 Å². The fourth-order valence-corrected chi connectivity index (χ4v) is 11.2. The second kappa shape index (κ2) is 12.5. The molecule has 2 aromatic heterocycles. The van der Waals surface area contributed by atoms with Crippen molar-refractivity contribution in [1.29, 1.82) is 0 Å². The zero-order valence-electron chi connectivity index (χ0n) is 30.2. The predicted octanol–water partition coefficient (Wildman–Crippen LogP) is 8.26. The maximum absolute atomic E-state index is 15.1. The number of Topliss-reactive ketones (excluding diaryl/α,β-unsaturated/α-hetero) is 1. The highest BCUT2D eigenvalue weighted by molar-refractivity contribution is 7.22. The average Bonchev–Trinajstić information content (AvgIpc) is 3.82. The number of fused-ring (bicyclic) bond motifs is 5. The number of ketones is 1. The van der Waals surface area contributed by atoms with Crippen LogP contribution >= 0.6 is 34.5 Å². The minimum atomic E-state index is -1.34. The molecule has 2 saturated heterocycles. The Morgan fingerprint density at radius 1 is 0.927 bits per heavy atom. The van der Waals surface area contributed by atoms with Gasteiger partial charge in [-0.05, 0) is 111 Å². The van der Waals surface area contributed by atoms with Crippen molar-refractivity contribution >= 4 is 85.5 Å². The van der Waals surface area contributed by atoms with Gasteiger partial charge in [0.2, 0.25) is 23.6 Å². The number of imide groups is 2. The lowest BCUT2D eigenvalue weighted by Gasteiger charge is -2.49. The third kappa shape index (κ3) is 5.05. The summed E-state index contributed by atoms with van der Waals surface area (Å²) in [6.07, 6.45) is 2.37. The lowest BCUT2D eigenvalue weighted by molar-refractivity contribution is -0.131. The van der Waals surface area contributed by atoms with E-state index < -0.39 is 46.8 Å². The topological polar surface area (TPSA) is 130 Å². The fraction of sp³-hybridized carbons (Fsp3) is 0.286. The highest BCUT2D eigenvalue weighted by atomic mass is 35.5. The van der Waals surface area contributed by atoms with Gasteiger partial charge in [0, 0.05) is 39.3 Å². The number of amides is 4. The van der Waals surface area contributed by atoms with Gasteiger partial charge < -0.3 is 5.11 Å². The van der Waals surface area contributed by atoms with Gasteiger partial charge in [0.25, 0.3) is 0 Å². The number of halogens is 2. The lowest BCUT2D eigenvalue weighted by Crippen LogP contribution is -2.49. The molecule has 3 fully saturated rings. The standard InChI is InChI=1S/C42H34Cl2N4O6S/c1-19-28-15-22(43)7-14-33(28)55-37(19)32-18-34(46(4)45-32)48-39(52)30-17-29-25(36(42(30,3)41(48)54)26-11-10-24(50)16-31(26)44)12-13-27-35(29)40(53)47(38(27)51)23-8-5-21(6-9-23)20(2)49/h5-12,14-16,18,27,29-30,35-36,50H,13,17H2,1-4H3/t27-,29+,30-,35-,36+,42+/m0/s1. The number of carbonyl (C=O) groups is 5. The highest BCUT2D eigenvalue weighted by Crippen LogP contribution is 2.64. The Bertz CT molecular complexity index is 2590. The van der Waals surface area contributed by atoms with E-state index in [1.807, 2.05) is 31.2 Å². The van der Waals surface area contributed by atoms with Gasteiger partial charge in [0.05, 0.1) is 33.7 Å². The maximum atomic E-state index is 15.1. The van der Waals surface area contributed by atoms with Crippen molar-refractivity contribution in [2.45, 2.75) is 39.5 Å². The summed E-state index contributed by atoms with van der Waals surface area (Å²) < 4.78 is 2.58. The molecule has 4 aliphatic rings. The quantitative estimate of drug-likeness (QED) is 0.108. The number of anilines is 2. The molecule has 10 nitrogen and oxygen atoms in total. The first kappa shape index (κ1) is 35.6. The third-order valence-electron chi connectivity index (χ3n) is 12.3. The molecule has 1 saturated carbocycles. The van der Waals surface area contributed by atoms with Crippen molar-refractivity contribution in [2.75, 3.05) is 9.80 Å². The van der Waals surface area contributed by atoms with Crippen LogP contribution in [-0.4, -0.2) is 44.3 Å². The number of nitrogens with zero attached hydrogens (tertiary/aromatic N) is 4. The Kier molecular flexibility index (Phi) is 8.06. The molecule has 2 aliphatic carbocycles. The molecule has 0 radical (unpaired) electrons. The number of phenolic OH excluding ortho intramolecular Hbond substituents is 1. The fourth-order valence-electron chi connectivity index (χ4n) is 9.64. The van der Waals surface area contributed by atoms with Crippen LogP contribution in [0, 0.1) is 36.0 Å². The Balaban J connectivity index is 1.14. The first-order valence-electron chi connectivity index (χ1n) is 18.0. The number of aromatic hydroxyl groups is 1. The first-order chi connectivity index (χ1) is 26.2. The van der Waals surface area contributed by atoms with Gasteiger partial charge in [-0.1, -0.05) is 40.9 Å². The number of allylic oxidation sites excluding steroid dienone is 2. The maximum Gasteiger partial charge on any atom is 0.242 e. The molecule has 0 unspecified atom stereocenters. The number of phenols is 1. The van der Waals surface area contributed by atoms with Crippen LogP contribution in [0.15, 0.2) is 78.4 Å². The number of aryl methyl sites for hydroxylation is 2. The van der Waals surface area contributed by atoms with Crippen molar-refractivity contribution < 1.29 is 29.1 Å². The summed E-state index contributed by atoms with van der Waals surface area (Å²) in [5, 5.41) is 17.0. The summed E-state index contributed by atoms with van der Waals surface area (Å²) in [7, 11) is 1.70. The molecule has 9 rings (SSSR count). The van der Waals surface area contributed by atoms with Crippen molar-refractivity contribution in [3.8, 4) is 16.3 Å². The van der Waals surface area contributed by atoms with Crippen LogP contribution in [0.5, 0.6) is 5.75 Å².